The third-order valence-electron chi connectivity index (χ3n) is 4.13. The highest BCUT2D eigenvalue weighted by Crippen LogP contribution is 2.29. The summed E-state index contributed by atoms with van der Waals surface area (Å²) in [4.78, 5) is 29.9. The first-order chi connectivity index (χ1) is 13.2. The molecule has 0 radical (unpaired) electrons. The summed E-state index contributed by atoms with van der Waals surface area (Å²) in [5.74, 6) is -0.785. The molecule has 0 fully saturated rings. The Balaban J connectivity index is 2.44. The van der Waals surface area contributed by atoms with Gasteiger partial charge < -0.3 is 4.90 Å². The average molecular weight is 400 g/mol. The Bertz CT molecular complexity index is 996. The second-order valence-electron chi connectivity index (χ2n) is 6.03. The molecule has 1 amide bonds. The number of allylic oxidation sites excluding steroid dienone is 4. The minimum Gasteiger partial charge on any atom is -0.313 e. The number of likely N-dealkylation sites (N-methyl/N-ethyl adjacent to an activating group) is 1. The highest BCUT2D eigenvalue weighted by molar-refractivity contribution is 7.12. The van der Waals surface area contributed by atoms with E-state index in [9.17, 15) is 14.0 Å². The summed E-state index contributed by atoms with van der Waals surface area (Å²) in [6.07, 6.45) is 2.90. The summed E-state index contributed by atoms with van der Waals surface area (Å²) >= 11 is 1.32. The number of aromatic nitrogens is 2. The van der Waals surface area contributed by atoms with Crippen molar-refractivity contribution in [1.29, 1.82) is 0 Å². The maximum Gasteiger partial charge on any atom is 0.223 e. The van der Waals surface area contributed by atoms with Crippen LogP contribution in [0.2, 0.25) is 0 Å². The van der Waals surface area contributed by atoms with E-state index in [4.69, 9.17) is 0 Å². The van der Waals surface area contributed by atoms with E-state index in [1.54, 1.807) is 19.1 Å². The zero-order valence-electron chi connectivity index (χ0n) is 16.2. The van der Waals surface area contributed by atoms with Crippen molar-refractivity contribution in [2.24, 2.45) is 4.99 Å². The number of halogens is 1. The molecule has 28 heavy (non-hydrogen) atoms. The van der Waals surface area contributed by atoms with Crippen molar-refractivity contribution in [3.05, 3.63) is 63.9 Å². The number of thiophene rings is 1. The van der Waals surface area contributed by atoms with Crippen LogP contribution in [0.15, 0.2) is 58.5 Å². The molecular weight excluding hydrogens is 379 g/mol. The second-order valence-corrected chi connectivity index (χ2v) is 6.98. The summed E-state index contributed by atoms with van der Waals surface area (Å²) in [7, 11) is 1.48. The Kier molecular flexibility index (Phi) is 6.58. The molecule has 0 saturated heterocycles. The van der Waals surface area contributed by atoms with Crippen molar-refractivity contribution >= 4 is 41.3 Å². The maximum absolute atomic E-state index is 13.9. The summed E-state index contributed by atoms with van der Waals surface area (Å²) in [5, 5.41) is 6.02. The van der Waals surface area contributed by atoms with E-state index in [-0.39, 0.29) is 23.2 Å². The molecule has 2 aromatic heterocycles. The first kappa shape index (κ1) is 21.2. The highest BCUT2D eigenvalue weighted by atomic mass is 32.1. The van der Waals surface area contributed by atoms with Gasteiger partial charge in [0.2, 0.25) is 11.7 Å². The number of aliphatic imine (C=N–C) groups is 1. The molecule has 0 aromatic carbocycles. The molecule has 0 aliphatic rings. The molecule has 0 spiro atoms. The van der Waals surface area contributed by atoms with Gasteiger partial charge in [0.05, 0.1) is 28.0 Å². The summed E-state index contributed by atoms with van der Waals surface area (Å²) < 4.78 is 15.3. The van der Waals surface area contributed by atoms with Crippen molar-refractivity contribution in [2.45, 2.75) is 20.8 Å². The standard InChI is InChI=1S/C20H21FN4O2S/c1-12(10-17(13(2)21)24(6)15(4)26)14(3)25-20(22-5)16(11-23-25)19(27)18-8-7-9-28-18/h7-11H,3,5H2,1-2,4,6H3. The van der Waals surface area contributed by atoms with Crippen LogP contribution in [0.5, 0.6) is 0 Å². The third-order valence-corrected chi connectivity index (χ3v) is 5.00. The van der Waals surface area contributed by atoms with E-state index in [0.29, 0.717) is 21.7 Å². The normalized spacial score (nSPS) is 12.4. The first-order valence-corrected chi connectivity index (χ1v) is 9.18. The predicted octanol–water partition coefficient (Wildman–Crippen LogP) is 4.60. The fourth-order valence-electron chi connectivity index (χ4n) is 2.44. The number of hydrogen-bond acceptors (Lipinski definition) is 5. The van der Waals surface area contributed by atoms with Gasteiger partial charge in [-0.05, 0) is 43.7 Å². The minimum atomic E-state index is -0.513. The average Bonchev–Trinajstić information content (AvgIpc) is 3.33. The van der Waals surface area contributed by atoms with Gasteiger partial charge in [-0.25, -0.2) is 14.1 Å². The van der Waals surface area contributed by atoms with Crippen LogP contribution in [0.3, 0.4) is 0 Å². The number of rotatable bonds is 7. The molecule has 0 bridgehead atoms. The van der Waals surface area contributed by atoms with Crippen LogP contribution in [0.25, 0.3) is 5.70 Å². The number of ketones is 1. The van der Waals surface area contributed by atoms with Crippen LogP contribution in [0.1, 0.15) is 36.0 Å². The molecule has 2 aromatic rings. The van der Waals surface area contributed by atoms with Gasteiger partial charge in [0.15, 0.2) is 5.82 Å². The van der Waals surface area contributed by atoms with Crippen molar-refractivity contribution < 1.29 is 14.0 Å². The molecule has 0 aliphatic heterocycles. The largest absolute Gasteiger partial charge is 0.313 e. The lowest BCUT2D eigenvalue weighted by molar-refractivity contribution is -0.125. The zero-order valence-corrected chi connectivity index (χ0v) is 17.0. The number of carbonyl (C=O) groups is 2. The van der Waals surface area contributed by atoms with Crippen LogP contribution in [-0.2, 0) is 4.79 Å². The van der Waals surface area contributed by atoms with Gasteiger partial charge in [-0.15, -0.1) is 11.3 Å². The Labute approximate surface area is 167 Å². The molecule has 8 heteroatoms. The van der Waals surface area contributed by atoms with E-state index < -0.39 is 5.83 Å². The molecular formula is C20H21FN4O2S. The minimum absolute atomic E-state index is 0.112. The molecule has 6 nitrogen and oxygen atoms in total. The van der Waals surface area contributed by atoms with Crippen LogP contribution in [-0.4, -0.2) is 40.1 Å². The fraction of sp³-hybridized carbons (Fsp3) is 0.200. The molecule has 0 atom stereocenters. The Morgan fingerprint density at radius 2 is 2.04 bits per heavy atom. The summed E-state index contributed by atoms with van der Waals surface area (Å²) in [5.41, 5.74) is 1.33. The second kappa shape index (κ2) is 8.71. The highest BCUT2D eigenvalue weighted by Gasteiger charge is 2.21. The van der Waals surface area contributed by atoms with Gasteiger partial charge in [0, 0.05) is 14.0 Å². The third kappa shape index (κ3) is 4.23. The van der Waals surface area contributed by atoms with Gasteiger partial charge in [0.25, 0.3) is 0 Å². The van der Waals surface area contributed by atoms with Crippen molar-refractivity contribution in [1.82, 2.24) is 14.7 Å². The van der Waals surface area contributed by atoms with Crippen LogP contribution < -0.4 is 0 Å². The number of nitrogens with zero attached hydrogens (tertiary/aromatic N) is 4. The lowest BCUT2D eigenvalue weighted by Crippen LogP contribution is -2.23. The van der Waals surface area contributed by atoms with Crippen molar-refractivity contribution in [3.8, 4) is 0 Å². The van der Waals surface area contributed by atoms with E-state index in [1.165, 1.54) is 54.1 Å². The Morgan fingerprint density at radius 1 is 1.36 bits per heavy atom. The van der Waals surface area contributed by atoms with Crippen molar-refractivity contribution in [3.63, 3.8) is 0 Å². The van der Waals surface area contributed by atoms with Crippen molar-refractivity contribution in [2.75, 3.05) is 7.05 Å². The molecule has 0 unspecified atom stereocenters. The van der Waals surface area contributed by atoms with Gasteiger partial charge in [-0.2, -0.15) is 5.10 Å². The molecule has 0 aliphatic carbocycles. The Hall–Kier alpha value is -3.13. The van der Waals surface area contributed by atoms with Crippen LogP contribution in [0.4, 0.5) is 10.2 Å². The Morgan fingerprint density at radius 3 is 2.54 bits per heavy atom. The van der Waals surface area contributed by atoms with Gasteiger partial charge >= 0.3 is 0 Å². The van der Waals surface area contributed by atoms with Gasteiger partial charge in [0.1, 0.15) is 5.83 Å². The number of hydrogen-bond donors (Lipinski definition) is 0. The molecule has 146 valence electrons. The van der Waals surface area contributed by atoms with Crippen LogP contribution in [0, 0.1) is 0 Å². The van der Waals surface area contributed by atoms with E-state index in [2.05, 4.69) is 23.4 Å². The zero-order chi connectivity index (χ0) is 21.0. The quantitative estimate of drug-likeness (QED) is 0.387. The van der Waals surface area contributed by atoms with Crippen LogP contribution >= 0.6 is 11.3 Å². The lowest BCUT2D eigenvalue weighted by Gasteiger charge is -2.18. The topological polar surface area (TPSA) is 67.6 Å². The molecule has 2 rings (SSSR count). The predicted molar refractivity (Wildman–Crippen MR) is 111 cm³/mol. The van der Waals surface area contributed by atoms with Gasteiger partial charge in [-0.3, -0.25) is 9.59 Å². The lowest BCUT2D eigenvalue weighted by atomic mass is 10.1. The monoisotopic (exact) mass is 400 g/mol. The molecule has 2 heterocycles. The fourth-order valence-corrected chi connectivity index (χ4v) is 3.12. The van der Waals surface area contributed by atoms with E-state index in [1.807, 2.05) is 5.38 Å². The number of carbonyl (C=O) groups excluding carboxylic acids is 2. The van der Waals surface area contributed by atoms with Gasteiger partial charge in [-0.1, -0.05) is 12.6 Å². The smallest absolute Gasteiger partial charge is 0.223 e. The summed E-state index contributed by atoms with van der Waals surface area (Å²) in [6.45, 7) is 11.8. The SMILES string of the molecule is C=Nc1c(C(=O)c2cccs2)cnn1C(=C)C(C)=CC(=C(C)F)N(C)C(C)=O. The summed E-state index contributed by atoms with van der Waals surface area (Å²) in [6, 6.07) is 3.50. The number of amides is 1. The van der Waals surface area contributed by atoms with E-state index in [0.717, 1.165) is 0 Å². The molecule has 0 N–H and O–H groups in total. The van der Waals surface area contributed by atoms with E-state index >= 15 is 0 Å². The molecule has 0 saturated carbocycles. The first-order valence-electron chi connectivity index (χ1n) is 8.30. The maximum atomic E-state index is 13.9.